The molecule has 0 amide bonds. The van der Waals surface area contributed by atoms with Crippen LogP contribution in [0.3, 0.4) is 0 Å². The van der Waals surface area contributed by atoms with Crippen molar-refractivity contribution in [3.8, 4) is 5.75 Å². The zero-order chi connectivity index (χ0) is 15.7. The molecule has 0 unspecified atom stereocenters. The van der Waals surface area contributed by atoms with Gasteiger partial charge in [0.05, 0.1) is 16.9 Å². The fourth-order valence-electron chi connectivity index (χ4n) is 1.86. The first-order valence-corrected chi connectivity index (χ1v) is 6.27. The predicted octanol–water partition coefficient (Wildman–Crippen LogP) is 4.00. The summed E-state index contributed by atoms with van der Waals surface area (Å²) in [5.41, 5.74) is 4.64. The number of nitrogens with zero attached hydrogens (tertiary/aromatic N) is 1. The predicted molar refractivity (Wildman–Crippen MR) is 73.7 cm³/mol. The Morgan fingerprint density at radius 1 is 1.10 bits per heavy atom. The molecule has 1 heterocycles. The quantitative estimate of drug-likeness (QED) is 0.871. The van der Waals surface area contributed by atoms with Crippen LogP contribution >= 0.6 is 0 Å². The lowest BCUT2D eigenvalue weighted by atomic mass is 10.0. The largest absolute Gasteiger partial charge is 0.479 e. The highest BCUT2D eigenvalue weighted by Gasteiger charge is 2.32. The first-order valence-electron chi connectivity index (χ1n) is 6.27. The van der Waals surface area contributed by atoms with Crippen LogP contribution in [0.4, 0.5) is 18.9 Å². The van der Waals surface area contributed by atoms with E-state index in [1.54, 1.807) is 32.2 Å². The van der Waals surface area contributed by atoms with Crippen molar-refractivity contribution in [3.63, 3.8) is 0 Å². The third-order valence-corrected chi connectivity index (χ3v) is 2.98. The Morgan fingerprint density at radius 2 is 1.81 bits per heavy atom. The Hall–Kier alpha value is -2.24. The average Bonchev–Trinajstić information content (AvgIpc) is 2.41. The molecule has 0 aliphatic rings. The fraction of sp³-hybridized carbons (Fsp3) is 0.267. The Balaban J connectivity index is 2.28. The van der Waals surface area contributed by atoms with Gasteiger partial charge in [-0.3, -0.25) is 4.98 Å². The lowest BCUT2D eigenvalue weighted by Crippen LogP contribution is -2.27. The summed E-state index contributed by atoms with van der Waals surface area (Å²) >= 11 is 0. The summed E-state index contributed by atoms with van der Waals surface area (Å²) in [6, 6.07) is 8.39. The second-order valence-corrected chi connectivity index (χ2v) is 5.08. The van der Waals surface area contributed by atoms with Crippen molar-refractivity contribution in [1.29, 1.82) is 0 Å². The van der Waals surface area contributed by atoms with E-state index in [2.05, 4.69) is 4.98 Å². The minimum absolute atomic E-state index is 0.0613. The first-order chi connectivity index (χ1) is 9.70. The maximum atomic E-state index is 12.6. The van der Waals surface area contributed by atoms with E-state index in [0.29, 0.717) is 5.69 Å². The van der Waals surface area contributed by atoms with Crippen LogP contribution in [0.5, 0.6) is 5.75 Å². The van der Waals surface area contributed by atoms with E-state index in [1.165, 1.54) is 6.07 Å². The highest BCUT2D eigenvalue weighted by molar-refractivity contribution is 5.55. The van der Waals surface area contributed by atoms with Gasteiger partial charge in [0.25, 0.3) is 0 Å². The van der Waals surface area contributed by atoms with E-state index in [1.807, 2.05) is 6.07 Å². The third-order valence-electron chi connectivity index (χ3n) is 2.98. The lowest BCUT2D eigenvalue weighted by molar-refractivity contribution is -0.137. The Bertz CT molecular complexity index is 625. The summed E-state index contributed by atoms with van der Waals surface area (Å²) in [7, 11) is 0. The van der Waals surface area contributed by atoms with E-state index in [0.717, 1.165) is 12.1 Å². The number of nitrogens with two attached hydrogens (primary N) is 1. The average molecular weight is 296 g/mol. The summed E-state index contributed by atoms with van der Waals surface area (Å²) in [6.45, 7) is 3.54. The van der Waals surface area contributed by atoms with Crippen LogP contribution in [0.25, 0.3) is 0 Å². The molecule has 0 atom stereocenters. The molecule has 0 saturated carbocycles. The summed E-state index contributed by atoms with van der Waals surface area (Å²) in [4.78, 5) is 4.19. The fourth-order valence-corrected chi connectivity index (χ4v) is 1.86. The monoisotopic (exact) mass is 296 g/mol. The molecule has 21 heavy (non-hydrogen) atoms. The van der Waals surface area contributed by atoms with Gasteiger partial charge in [-0.05, 0) is 44.2 Å². The van der Waals surface area contributed by atoms with Crippen LogP contribution < -0.4 is 10.5 Å². The van der Waals surface area contributed by atoms with Gasteiger partial charge in [-0.15, -0.1) is 0 Å². The molecule has 0 saturated heterocycles. The summed E-state index contributed by atoms with van der Waals surface area (Å²) in [5, 5.41) is 0. The minimum atomic E-state index is -4.43. The lowest BCUT2D eigenvalue weighted by Gasteiger charge is -2.26. The Kier molecular flexibility index (Phi) is 3.80. The highest BCUT2D eigenvalue weighted by Crippen LogP contribution is 2.36. The van der Waals surface area contributed by atoms with Gasteiger partial charge in [-0.1, -0.05) is 6.07 Å². The van der Waals surface area contributed by atoms with Gasteiger partial charge in [-0.25, -0.2) is 0 Å². The van der Waals surface area contributed by atoms with Gasteiger partial charge < -0.3 is 10.5 Å². The van der Waals surface area contributed by atoms with Gasteiger partial charge in [0.15, 0.2) is 0 Å². The molecule has 3 nitrogen and oxygen atoms in total. The number of ether oxygens (including phenoxy) is 1. The van der Waals surface area contributed by atoms with Crippen molar-refractivity contribution in [3.05, 3.63) is 53.9 Å². The number of alkyl halides is 3. The number of rotatable bonds is 3. The van der Waals surface area contributed by atoms with Crippen LogP contribution in [0, 0.1) is 0 Å². The zero-order valence-electron chi connectivity index (χ0n) is 11.6. The van der Waals surface area contributed by atoms with Crippen molar-refractivity contribution >= 4 is 5.69 Å². The summed E-state index contributed by atoms with van der Waals surface area (Å²) < 4.78 is 43.5. The van der Waals surface area contributed by atoms with E-state index in [9.17, 15) is 13.2 Å². The van der Waals surface area contributed by atoms with Gasteiger partial charge in [0, 0.05) is 6.20 Å². The molecular weight excluding hydrogens is 281 g/mol. The SMILES string of the molecule is CC(C)(Oc1ccc(C(F)(F)F)cc1N)c1ccccn1. The molecular formula is C15H15F3N2O. The van der Waals surface area contributed by atoms with E-state index in [4.69, 9.17) is 10.5 Å². The van der Waals surface area contributed by atoms with E-state index < -0.39 is 17.3 Å². The molecule has 0 bridgehead atoms. The first kappa shape index (κ1) is 15.2. The smallest absolute Gasteiger partial charge is 0.416 e. The number of nitrogen functional groups attached to an aromatic ring is 1. The topological polar surface area (TPSA) is 48.1 Å². The van der Waals surface area contributed by atoms with E-state index >= 15 is 0 Å². The molecule has 1 aromatic heterocycles. The summed E-state index contributed by atoms with van der Waals surface area (Å²) in [5.74, 6) is 0.193. The molecule has 0 spiro atoms. The van der Waals surface area contributed by atoms with Crippen molar-refractivity contribution < 1.29 is 17.9 Å². The number of aromatic nitrogens is 1. The normalized spacial score (nSPS) is 12.2. The van der Waals surface area contributed by atoms with Crippen LogP contribution in [0.1, 0.15) is 25.1 Å². The number of anilines is 1. The van der Waals surface area contributed by atoms with Crippen LogP contribution in [-0.2, 0) is 11.8 Å². The van der Waals surface area contributed by atoms with Gasteiger partial charge in [-0.2, -0.15) is 13.2 Å². The van der Waals surface area contributed by atoms with Crippen LogP contribution in [0.15, 0.2) is 42.6 Å². The van der Waals surface area contributed by atoms with Crippen LogP contribution in [-0.4, -0.2) is 4.98 Å². The third kappa shape index (κ3) is 3.45. The van der Waals surface area contributed by atoms with Crippen LogP contribution in [0.2, 0.25) is 0 Å². The Morgan fingerprint density at radius 3 is 2.33 bits per heavy atom. The maximum absolute atomic E-state index is 12.6. The number of benzene rings is 1. The molecule has 0 aliphatic heterocycles. The standard InChI is InChI=1S/C15H15F3N2O/c1-14(2,13-5-3-4-8-20-13)21-12-7-6-10(9-11(12)19)15(16,17)18/h3-9H,19H2,1-2H3. The van der Waals surface area contributed by atoms with Crippen molar-refractivity contribution in [2.24, 2.45) is 0 Å². The Labute approximate surface area is 120 Å². The number of halogens is 3. The highest BCUT2D eigenvalue weighted by atomic mass is 19.4. The second-order valence-electron chi connectivity index (χ2n) is 5.08. The molecule has 2 aromatic rings. The number of hydrogen-bond donors (Lipinski definition) is 1. The molecule has 2 rings (SSSR count). The molecule has 0 aliphatic carbocycles. The van der Waals surface area contributed by atoms with Gasteiger partial charge >= 0.3 is 6.18 Å². The molecule has 2 N–H and O–H groups in total. The number of hydrogen-bond acceptors (Lipinski definition) is 3. The zero-order valence-corrected chi connectivity index (χ0v) is 11.6. The van der Waals surface area contributed by atoms with Crippen molar-refractivity contribution in [2.75, 3.05) is 5.73 Å². The molecule has 1 aromatic carbocycles. The summed E-state index contributed by atoms with van der Waals surface area (Å²) in [6.07, 6.45) is -2.81. The molecule has 0 radical (unpaired) electrons. The van der Waals surface area contributed by atoms with Crippen molar-refractivity contribution in [2.45, 2.75) is 25.6 Å². The molecule has 0 fully saturated rings. The molecule has 6 heteroatoms. The number of pyridine rings is 1. The van der Waals surface area contributed by atoms with Crippen molar-refractivity contribution in [1.82, 2.24) is 4.98 Å². The van der Waals surface area contributed by atoms with E-state index in [-0.39, 0.29) is 11.4 Å². The van der Waals surface area contributed by atoms with Gasteiger partial charge in [0.1, 0.15) is 11.4 Å². The van der Waals surface area contributed by atoms with Gasteiger partial charge in [0.2, 0.25) is 0 Å². The molecule has 112 valence electrons. The second kappa shape index (κ2) is 5.27. The minimum Gasteiger partial charge on any atom is -0.479 e. The maximum Gasteiger partial charge on any atom is 0.416 e.